The fourth-order valence-corrected chi connectivity index (χ4v) is 3.78. The summed E-state index contributed by atoms with van der Waals surface area (Å²) in [6.45, 7) is 12.4. The predicted octanol–water partition coefficient (Wildman–Crippen LogP) is 5.74. The molecule has 0 bridgehead atoms. The lowest BCUT2D eigenvalue weighted by Crippen LogP contribution is -2.21. The van der Waals surface area contributed by atoms with E-state index in [4.69, 9.17) is 4.42 Å². The van der Waals surface area contributed by atoms with Gasteiger partial charge in [-0.05, 0) is 70.0 Å². The van der Waals surface area contributed by atoms with Crippen LogP contribution in [0.1, 0.15) is 38.8 Å². The van der Waals surface area contributed by atoms with Gasteiger partial charge < -0.3 is 14.2 Å². The third-order valence-electron chi connectivity index (χ3n) is 5.59. The van der Waals surface area contributed by atoms with Crippen LogP contribution in [0.15, 0.2) is 63.8 Å². The van der Waals surface area contributed by atoms with Gasteiger partial charge in [-0.25, -0.2) is 4.79 Å². The highest BCUT2D eigenvalue weighted by molar-refractivity contribution is 5.81. The van der Waals surface area contributed by atoms with Crippen LogP contribution in [-0.4, -0.2) is 26.2 Å². The molecule has 0 unspecified atom stereocenters. The van der Waals surface area contributed by atoms with Gasteiger partial charge in [-0.3, -0.25) is 0 Å². The Kier molecular flexibility index (Phi) is 7.34. The van der Waals surface area contributed by atoms with Gasteiger partial charge in [-0.15, -0.1) is 0 Å². The van der Waals surface area contributed by atoms with Crippen LogP contribution < -0.4 is 15.4 Å². The lowest BCUT2D eigenvalue weighted by atomic mass is 10.1. The van der Waals surface area contributed by atoms with Crippen LogP contribution in [0.4, 0.5) is 11.4 Å². The number of anilines is 2. The van der Waals surface area contributed by atoms with Gasteiger partial charge in [0.1, 0.15) is 5.58 Å². The van der Waals surface area contributed by atoms with Gasteiger partial charge in [0.2, 0.25) is 0 Å². The van der Waals surface area contributed by atoms with Crippen molar-refractivity contribution in [1.29, 1.82) is 0 Å². The average molecular weight is 405 g/mol. The molecule has 4 nitrogen and oxygen atoms in total. The van der Waals surface area contributed by atoms with Gasteiger partial charge >= 0.3 is 5.63 Å². The van der Waals surface area contributed by atoms with Crippen molar-refractivity contribution in [2.45, 2.75) is 34.1 Å². The monoisotopic (exact) mass is 404 g/mol. The third-order valence-corrected chi connectivity index (χ3v) is 5.59. The molecule has 4 heteroatoms. The SMILES string of the molecule is CCN(CC)c1ccc(C=CCc2cc3ccc(N(CC)CC)cc3oc2=O)cc1. The maximum Gasteiger partial charge on any atom is 0.339 e. The quantitative estimate of drug-likeness (QED) is 0.426. The van der Waals surface area contributed by atoms with Crippen molar-refractivity contribution in [2.75, 3.05) is 36.0 Å². The molecule has 1 aromatic heterocycles. The Hall–Kier alpha value is -3.01. The molecular weight excluding hydrogens is 372 g/mol. The summed E-state index contributed by atoms with van der Waals surface area (Å²) in [6.07, 6.45) is 4.63. The summed E-state index contributed by atoms with van der Waals surface area (Å²) in [7, 11) is 0. The Labute approximate surface area is 179 Å². The van der Waals surface area contributed by atoms with Gasteiger partial charge in [0.15, 0.2) is 0 Å². The Morgan fingerprint density at radius 1 is 0.800 bits per heavy atom. The first-order chi connectivity index (χ1) is 14.6. The molecule has 3 aromatic rings. The molecule has 1 heterocycles. The molecule has 0 aliphatic rings. The van der Waals surface area contributed by atoms with E-state index in [2.05, 4.69) is 73.9 Å². The lowest BCUT2D eigenvalue weighted by molar-refractivity contribution is 0.553. The van der Waals surface area contributed by atoms with E-state index in [0.29, 0.717) is 17.6 Å². The fraction of sp³-hybridized carbons (Fsp3) is 0.346. The molecule has 158 valence electrons. The number of allylic oxidation sites excluding steroid dienone is 1. The maximum absolute atomic E-state index is 12.5. The molecule has 3 rings (SSSR count). The number of hydrogen-bond acceptors (Lipinski definition) is 4. The molecule has 0 saturated carbocycles. The minimum absolute atomic E-state index is 0.263. The summed E-state index contributed by atoms with van der Waals surface area (Å²) >= 11 is 0. The van der Waals surface area contributed by atoms with E-state index in [1.165, 1.54) is 5.69 Å². The zero-order valence-electron chi connectivity index (χ0n) is 18.5. The number of fused-ring (bicyclic) bond motifs is 1. The Balaban J connectivity index is 1.75. The van der Waals surface area contributed by atoms with Gasteiger partial charge in [-0.2, -0.15) is 0 Å². The highest BCUT2D eigenvalue weighted by Gasteiger charge is 2.08. The summed E-state index contributed by atoms with van der Waals surface area (Å²) in [6, 6.07) is 16.5. The third kappa shape index (κ3) is 4.93. The van der Waals surface area contributed by atoms with Crippen molar-refractivity contribution in [2.24, 2.45) is 0 Å². The van der Waals surface area contributed by atoms with Crippen LogP contribution in [0.2, 0.25) is 0 Å². The van der Waals surface area contributed by atoms with Crippen LogP contribution in [0, 0.1) is 0 Å². The summed E-state index contributed by atoms with van der Waals surface area (Å²) in [4.78, 5) is 17.0. The van der Waals surface area contributed by atoms with E-state index in [0.717, 1.165) is 42.8 Å². The Bertz CT molecular complexity index is 1040. The summed E-state index contributed by atoms with van der Waals surface area (Å²) < 4.78 is 5.62. The lowest BCUT2D eigenvalue weighted by Gasteiger charge is -2.21. The first-order valence-corrected chi connectivity index (χ1v) is 10.9. The number of hydrogen-bond donors (Lipinski definition) is 0. The first kappa shape index (κ1) is 21.7. The minimum atomic E-state index is -0.263. The second kappa shape index (κ2) is 10.1. The molecule has 0 fully saturated rings. The molecule has 0 amide bonds. The Morgan fingerprint density at radius 3 is 2.03 bits per heavy atom. The molecule has 2 aromatic carbocycles. The zero-order valence-corrected chi connectivity index (χ0v) is 18.5. The number of nitrogens with zero attached hydrogens (tertiary/aromatic N) is 2. The number of benzene rings is 2. The van der Waals surface area contributed by atoms with Gasteiger partial charge in [0.25, 0.3) is 0 Å². The molecule has 0 aliphatic heterocycles. The van der Waals surface area contributed by atoms with Crippen molar-refractivity contribution < 1.29 is 4.42 Å². The van der Waals surface area contributed by atoms with E-state index in [1.807, 2.05) is 24.3 Å². The normalized spacial score (nSPS) is 11.3. The Morgan fingerprint density at radius 2 is 1.40 bits per heavy atom. The molecule has 0 N–H and O–H groups in total. The largest absolute Gasteiger partial charge is 0.422 e. The van der Waals surface area contributed by atoms with Crippen molar-refractivity contribution in [3.05, 3.63) is 76.2 Å². The second-order valence-corrected chi connectivity index (χ2v) is 7.32. The zero-order chi connectivity index (χ0) is 21.5. The topological polar surface area (TPSA) is 36.7 Å². The fourth-order valence-electron chi connectivity index (χ4n) is 3.78. The van der Waals surface area contributed by atoms with Gasteiger partial charge in [-0.1, -0.05) is 24.3 Å². The van der Waals surface area contributed by atoms with Crippen LogP contribution in [0.3, 0.4) is 0 Å². The van der Waals surface area contributed by atoms with Crippen LogP contribution in [0.25, 0.3) is 17.0 Å². The predicted molar refractivity (Wildman–Crippen MR) is 129 cm³/mol. The van der Waals surface area contributed by atoms with Crippen LogP contribution in [0.5, 0.6) is 0 Å². The second-order valence-electron chi connectivity index (χ2n) is 7.32. The minimum Gasteiger partial charge on any atom is -0.422 e. The molecule has 0 atom stereocenters. The number of rotatable bonds is 9. The summed E-state index contributed by atoms with van der Waals surface area (Å²) in [5.74, 6) is 0. The average Bonchev–Trinajstić information content (AvgIpc) is 2.77. The van der Waals surface area contributed by atoms with E-state index in [1.54, 1.807) is 0 Å². The first-order valence-electron chi connectivity index (χ1n) is 10.9. The molecule has 0 radical (unpaired) electrons. The smallest absolute Gasteiger partial charge is 0.339 e. The van der Waals surface area contributed by atoms with Crippen molar-refractivity contribution in [3.63, 3.8) is 0 Å². The van der Waals surface area contributed by atoms with E-state index in [9.17, 15) is 4.79 Å². The molecule has 0 saturated heterocycles. The van der Waals surface area contributed by atoms with E-state index in [-0.39, 0.29) is 5.63 Å². The maximum atomic E-state index is 12.5. The van der Waals surface area contributed by atoms with Crippen molar-refractivity contribution >= 4 is 28.4 Å². The molecule has 0 aliphatic carbocycles. The van der Waals surface area contributed by atoms with Gasteiger partial charge in [0.05, 0.1) is 0 Å². The highest BCUT2D eigenvalue weighted by atomic mass is 16.4. The molecular formula is C26H32N2O2. The van der Waals surface area contributed by atoms with Gasteiger partial charge in [0, 0.05) is 54.6 Å². The van der Waals surface area contributed by atoms with E-state index >= 15 is 0 Å². The summed E-state index contributed by atoms with van der Waals surface area (Å²) in [5, 5.41) is 0.956. The van der Waals surface area contributed by atoms with E-state index < -0.39 is 0 Å². The molecule has 30 heavy (non-hydrogen) atoms. The van der Waals surface area contributed by atoms with Crippen molar-refractivity contribution in [1.82, 2.24) is 0 Å². The van der Waals surface area contributed by atoms with Crippen LogP contribution >= 0.6 is 0 Å². The standard InChI is InChI=1S/C26H32N2O2/c1-5-27(6-2)23-15-12-20(13-16-23)10-9-11-22-18-21-14-17-24(28(7-3)8-4)19-25(21)30-26(22)29/h9-10,12-19H,5-8,11H2,1-4H3. The summed E-state index contributed by atoms with van der Waals surface area (Å²) in [5.41, 5.74) is 4.49. The van der Waals surface area contributed by atoms with Crippen LogP contribution in [-0.2, 0) is 6.42 Å². The molecule has 0 spiro atoms. The highest BCUT2D eigenvalue weighted by Crippen LogP contribution is 2.22. The van der Waals surface area contributed by atoms with Crippen molar-refractivity contribution in [3.8, 4) is 0 Å².